The number of hydrogen-bond donors (Lipinski definition) is 2. The highest BCUT2D eigenvalue weighted by Crippen LogP contribution is 2.13. The summed E-state index contributed by atoms with van der Waals surface area (Å²) in [6.45, 7) is 7.93. The molecule has 0 saturated carbocycles. The fraction of sp³-hybridized carbons (Fsp3) is 0.444. The van der Waals surface area contributed by atoms with Gasteiger partial charge in [0.2, 0.25) is 0 Å². The largest absolute Gasteiger partial charge is 0.372 e. The summed E-state index contributed by atoms with van der Waals surface area (Å²) in [5.74, 6) is 0.838. The van der Waals surface area contributed by atoms with Gasteiger partial charge in [0, 0.05) is 37.2 Å². The van der Waals surface area contributed by atoms with E-state index in [1.54, 1.807) is 18.4 Å². The first-order chi connectivity index (χ1) is 11.7. The van der Waals surface area contributed by atoms with E-state index in [4.69, 9.17) is 0 Å². The molecule has 0 bridgehead atoms. The smallest absolute Gasteiger partial charge is 0.191 e. The van der Waals surface area contributed by atoms with E-state index >= 15 is 0 Å². The topological polar surface area (TPSA) is 52.5 Å². The Bertz CT molecular complexity index is 623. The zero-order chi connectivity index (χ0) is 17.2. The molecule has 0 aliphatic carbocycles. The van der Waals surface area contributed by atoms with Crippen molar-refractivity contribution in [3.63, 3.8) is 0 Å². The number of aliphatic imine (C=N–C) groups is 1. The molecule has 2 rings (SSSR count). The molecule has 1 heterocycles. The number of hydrogen-bond acceptors (Lipinski definition) is 4. The predicted octanol–water partition coefficient (Wildman–Crippen LogP) is 3.03. The molecule has 0 aliphatic heterocycles. The molecule has 2 aromatic rings. The molecule has 0 saturated heterocycles. The fourth-order valence-corrected chi connectivity index (χ4v) is 3.18. The number of aryl methyl sites for hydroxylation is 1. The number of anilines is 1. The van der Waals surface area contributed by atoms with Gasteiger partial charge in [-0.25, -0.2) is 4.98 Å². The molecule has 1 aromatic carbocycles. The Morgan fingerprint density at radius 1 is 1.25 bits per heavy atom. The number of nitrogens with zero attached hydrogens (tertiary/aromatic N) is 3. The molecule has 0 fully saturated rings. The Kier molecular flexibility index (Phi) is 7.55. The third-order valence-corrected chi connectivity index (χ3v) is 4.82. The highest BCUT2D eigenvalue weighted by molar-refractivity contribution is 7.09. The molecule has 0 aliphatic rings. The van der Waals surface area contributed by atoms with Crippen LogP contribution in [0.3, 0.4) is 0 Å². The van der Waals surface area contributed by atoms with Crippen molar-refractivity contribution in [2.45, 2.75) is 26.8 Å². The van der Waals surface area contributed by atoms with Gasteiger partial charge in [0.1, 0.15) is 0 Å². The number of guanidine groups is 1. The maximum atomic E-state index is 4.28. The molecule has 130 valence electrons. The Morgan fingerprint density at radius 2 is 2.04 bits per heavy atom. The number of rotatable bonds is 8. The second-order valence-electron chi connectivity index (χ2n) is 5.48. The predicted molar refractivity (Wildman–Crippen MR) is 104 cm³/mol. The Labute approximate surface area is 148 Å². The molecule has 0 radical (unpaired) electrons. The minimum absolute atomic E-state index is 0.765. The summed E-state index contributed by atoms with van der Waals surface area (Å²) in [6, 6.07) is 10.6. The van der Waals surface area contributed by atoms with Crippen molar-refractivity contribution in [3.05, 3.63) is 46.4 Å². The SMILES string of the molecule is CCN(CCCNC(=NC)NCc1scnc1C)c1ccccc1. The van der Waals surface area contributed by atoms with Crippen molar-refractivity contribution in [3.8, 4) is 0 Å². The fourth-order valence-electron chi connectivity index (χ4n) is 2.47. The molecule has 6 heteroatoms. The molecule has 5 nitrogen and oxygen atoms in total. The molecule has 2 N–H and O–H groups in total. The van der Waals surface area contributed by atoms with Gasteiger partial charge in [-0.3, -0.25) is 4.99 Å². The summed E-state index contributed by atoms with van der Waals surface area (Å²) in [7, 11) is 1.80. The van der Waals surface area contributed by atoms with Gasteiger partial charge in [0.05, 0.1) is 17.7 Å². The summed E-state index contributed by atoms with van der Waals surface area (Å²) >= 11 is 1.67. The molecular formula is C18H27N5S. The van der Waals surface area contributed by atoms with Crippen LogP contribution in [-0.4, -0.2) is 37.6 Å². The van der Waals surface area contributed by atoms with Crippen molar-refractivity contribution in [2.24, 2.45) is 4.99 Å². The van der Waals surface area contributed by atoms with E-state index in [0.29, 0.717) is 0 Å². The summed E-state index contributed by atoms with van der Waals surface area (Å²) < 4.78 is 0. The van der Waals surface area contributed by atoms with Gasteiger partial charge >= 0.3 is 0 Å². The van der Waals surface area contributed by atoms with E-state index in [0.717, 1.165) is 44.3 Å². The Balaban J connectivity index is 1.71. The lowest BCUT2D eigenvalue weighted by Gasteiger charge is -2.23. The number of benzene rings is 1. The van der Waals surface area contributed by atoms with Gasteiger partial charge in [-0.15, -0.1) is 11.3 Å². The summed E-state index contributed by atoms with van der Waals surface area (Å²) in [5, 5.41) is 6.72. The van der Waals surface area contributed by atoms with Crippen molar-refractivity contribution in [1.29, 1.82) is 0 Å². The van der Waals surface area contributed by atoms with Crippen LogP contribution in [0.1, 0.15) is 23.9 Å². The minimum Gasteiger partial charge on any atom is -0.372 e. The molecule has 0 spiro atoms. The second kappa shape index (κ2) is 9.93. The van der Waals surface area contributed by atoms with Crippen LogP contribution in [0.15, 0.2) is 40.8 Å². The van der Waals surface area contributed by atoms with Crippen molar-refractivity contribution in [1.82, 2.24) is 15.6 Å². The first kappa shape index (κ1) is 18.3. The van der Waals surface area contributed by atoms with E-state index in [9.17, 15) is 0 Å². The molecule has 1 aromatic heterocycles. The number of para-hydroxylation sites is 1. The highest BCUT2D eigenvalue weighted by atomic mass is 32.1. The summed E-state index contributed by atoms with van der Waals surface area (Å²) in [5.41, 5.74) is 4.25. The lowest BCUT2D eigenvalue weighted by molar-refractivity contribution is 0.709. The molecule has 0 unspecified atom stereocenters. The van der Waals surface area contributed by atoms with Gasteiger partial charge < -0.3 is 15.5 Å². The van der Waals surface area contributed by atoms with E-state index < -0.39 is 0 Å². The molecular weight excluding hydrogens is 318 g/mol. The number of nitrogens with one attached hydrogen (secondary N) is 2. The van der Waals surface area contributed by atoms with Crippen LogP contribution in [0, 0.1) is 6.92 Å². The maximum Gasteiger partial charge on any atom is 0.191 e. The van der Waals surface area contributed by atoms with Gasteiger partial charge in [-0.2, -0.15) is 0 Å². The Morgan fingerprint density at radius 3 is 2.67 bits per heavy atom. The third kappa shape index (κ3) is 5.53. The van der Waals surface area contributed by atoms with Gasteiger partial charge in [-0.1, -0.05) is 18.2 Å². The standard InChI is InChI=1S/C18H27N5S/c1-4-23(16-9-6-5-7-10-16)12-8-11-20-18(19-3)21-13-17-15(2)22-14-24-17/h5-7,9-10,14H,4,8,11-13H2,1-3H3,(H2,19,20,21). The lowest BCUT2D eigenvalue weighted by Crippen LogP contribution is -2.38. The maximum absolute atomic E-state index is 4.28. The zero-order valence-corrected chi connectivity index (χ0v) is 15.6. The van der Waals surface area contributed by atoms with Gasteiger partial charge in [-0.05, 0) is 32.4 Å². The monoisotopic (exact) mass is 345 g/mol. The van der Waals surface area contributed by atoms with E-state index in [-0.39, 0.29) is 0 Å². The van der Waals surface area contributed by atoms with Crippen LogP contribution in [-0.2, 0) is 6.54 Å². The van der Waals surface area contributed by atoms with Crippen LogP contribution in [0.25, 0.3) is 0 Å². The van der Waals surface area contributed by atoms with E-state index in [1.165, 1.54) is 10.6 Å². The van der Waals surface area contributed by atoms with Crippen LogP contribution >= 0.6 is 11.3 Å². The van der Waals surface area contributed by atoms with Crippen molar-refractivity contribution < 1.29 is 0 Å². The van der Waals surface area contributed by atoms with Crippen LogP contribution in [0.4, 0.5) is 5.69 Å². The first-order valence-corrected chi connectivity index (χ1v) is 9.26. The number of thiazole rings is 1. The Hall–Kier alpha value is -2.08. The zero-order valence-electron chi connectivity index (χ0n) is 14.7. The quantitative estimate of drug-likeness (QED) is 0.439. The second-order valence-corrected chi connectivity index (χ2v) is 6.42. The normalized spacial score (nSPS) is 11.4. The van der Waals surface area contributed by atoms with Crippen molar-refractivity contribution in [2.75, 3.05) is 31.6 Å². The van der Waals surface area contributed by atoms with E-state index in [1.807, 2.05) is 12.4 Å². The lowest BCUT2D eigenvalue weighted by atomic mass is 10.2. The van der Waals surface area contributed by atoms with Gasteiger partial charge in [0.15, 0.2) is 5.96 Å². The van der Waals surface area contributed by atoms with E-state index in [2.05, 4.69) is 62.8 Å². The van der Waals surface area contributed by atoms with Crippen LogP contribution in [0.5, 0.6) is 0 Å². The third-order valence-electron chi connectivity index (χ3n) is 3.89. The average molecular weight is 346 g/mol. The van der Waals surface area contributed by atoms with Gasteiger partial charge in [0.25, 0.3) is 0 Å². The minimum atomic E-state index is 0.765. The van der Waals surface area contributed by atoms with Crippen LogP contribution < -0.4 is 15.5 Å². The van der Waals surface area contributed by atoms with Crippen LogP contribution in [0.2, 0.25) is 0 Å². The summed E-state index contributed by atoms with van der Waals surface area (Å²) in [4.78, 5) is 12.2. The summed E-state index contributed by atoms with van der Waals surface area (Å²) in [6.07, 6.45) is 1.06. The van der Waals surface area contributed by atoms with Crippen molar-refractivity contribution >= 4 is 23.0 Å². The average Bonchev–Trinajstić information content (AvgIpc) is 3.03. The molecule has 0 atom stereocenters. The highest BCUT2D eigenvalue weighted by Gasteiger charge is 2.05. The number of aromatic nitrogens is 1. The molecule has 24 heavy (non-hydrogen) atoms. The molecule has 0 amide bonds. The first-order valence-electron chi connectivity index (χ1n) is 8.38.